The Balaban J connectivity index is 2.30. The predicted molar refractivity (Wildman–Crippen MR) is 72.7 cm³/mol. The van der Waals surface area contributed by atoms with E-state index in [-0.39, 0.29) is 11.3 Å². The van der Waals surface area contributed by atoms with Crippen molar-refractivity contribution >= 4 is 17.5 Å². The molecule has 1 atom stereocenters. The highest BCUT2D eigenvalue weighted by molar-refractivity contribution is 6.30. The van der Waals surface area contributed by atoms with Crippen LogP contribution in [0.3, 0.4) is 0 Å². The number of hydrogen-bond donors (Lipinski definition) is 0. The molecular formula is C14H16ClN3O. The molecule has 5 heteroatoms. The molecule has 19 heavy (non-hydrogen) atoms. The van der Waals surface area contributed by atoms with Crippen LogP contribution in [0.1, 0.15) is 37.0 Å². The summed E-state index contributed by atoms with van der Waals surface area (Å²) in [6.45, 7) is 4.65. The number of rotatable bonds is 1. The first-order valence-electron chi connectivity index (χ1n) is 6.27. The Bertz CT molecular complexity index is 536. The van der Waals surface area contributed by atoms with E-state index >= 15 is 0 Å². The Morgan fingerprint density at radius 3 is 2.95 bits per heavy atom. The number of nitriles is 1. The zero-order valence-corrected chi connectivity index (χ0v) is 11.8. The van der Waals surface area contributed by atoms with E-state index in [4.69, 9.17) is 11.6 Å². The van der Waals surface area contributed by atoms with Crippen LogP contribution in [-0.2, 0) is 0 Å². The summed E-state index contributed by atoms with van der Waals surface area (Å²) in [5.74, 6) is -0.172. The fourth-order valence-electron chi connectivity index (χ4n) is 2.55. The molecule has 0 N–H and O–H groups in total. The first kappa shape index (κ1) is 13.8. The number of piperidine rings is 1. The highest BCUT2D eigenvalue weighted by Crippen LogP contribution is 2.35. The minimum atomic E-state index is -0.410. The number of carbonyl (C=O) groups is 1. The lowest BCUT2D eigenvalue weighted by atomic mass is 9.77. The minimum Gasteiger partial charge on any atom is -0.322 e. The Hall–Kier alpha value is -1.60. The molecule has 2 heterocycles. The van der Waals surface area contributed by atoms with Crippen LogP contribution in [0.25, 0.3) is 0 Å². The van der Waals surface area contributed by atoms with E-state index < -0.39 is 6.04 Å². The van der Waals surface area contributed by atoms with Crippen molar-refractivity contribution in [2.75, 3.05) is 6.54 Å². The van der Waals surface area contributed by atoms with Gasteiger partial charge >= 0.3 is 0 Å². The fraction of sp³-hybridized carbons (Fsp3) is 0.500. The summed E-state index contributed by atoms with van der Waals surface area (Å²) in [4.78, 5) is 18.0. The Kier molecular flexibility index (Phi) is 3.77. The van der Waals surface area contributed by atoms with Crippen molar-refractivity contribution in [2.24, 2.45) is 5.41 Å². The first-order valence-corrected chi connectivity index (χ1v) is 6.64. The van der Waals surface area contributed by atoms with Crippen molar-refractivity contribution in [3.8, 4) is 6.07 Å². The van der Waals surface area contributed by atoms with Gasteiger partial charge in [-0.15, -0.1) is 0 Å². The number of amides is 1. The van der Waals surface area contributed by atoms with Crippen molar-refractivity contribution in [3.63, 3.8) is 0 Å². The van der Waals surface area contributed by atoms with Crippen LogP contribution in [0.5, 0.6) is 0 Å². The van der Waals surface area contributed by atoms with Gasteiger partial charge in [0.05, 0.1) is 16.7 Å². The van der Waals surface area contributed by atoms with E-state index in [1.165, 1.54) is 12.4 Å². The van der Waals surface area contributed by atoms with Gasteiger partial charge in [0, 0.05) is 18.9 Å². The molecule has 1 unspecified atom stereocenters. The van der Waals surface area contributed by atoms with E-state index in [2.05, 4.69) is 11.1 Å². The Morgan fingerprint density at radius 2 is 2.32 bits per heavy atom. The summed E-state index contributed by atoms with van der Waals surface area (Å²) in [7, 11) is 0. The number of aromatic nitrogens is 1. The van der Waals surface area contributed by atoms with Gasteiger partial charge < -0.3 is 4.90 Å². The molecule has 1 aromatic heterocycles. The van der Waals surface area contributed by atoms with Gasteiger partial charge in [-0.25, -0.2) is 0 Å². The number of halogens is 1. The summed E-state index contributed by atoms with van der Waals surface area (Å²) < 4.78 is 0. The van der Waals surface area contributed by atoms with Crippen molar-refractivity contribution < 1.29 is 4.79 Å². The summed E-state index contributed by atoms with van der Waals surface area (Å²) in [6.07, 6.45) is 4.83. The molecule has 100 valence electrons. The standard InChI is InChI=1S/C14H16ClN3O/c1-14(2)4-3-5-18(12(14)7-16)13(19)10-6-11(15)9-17-8-10/h6,8-9,12H,3-5H2,1-2H3. The van der Waals surface area contributed by atoms with Crippen molar-refractivity contribution in [1.29, 1.82) is 5.26 Å². The first-order chi connectivity index (χ1) is 8.95. The fourth-order valence-corrected chi connectivity index (χ4v) is 2.72. The van der Waals surface area contributed by atoms with Crippen LogP contribution in [0.15, 0.2) is 18.5 Å². The number of likely N-dealkylation sites (tertiary alicyclic amines) is 1. The third kappa shape index (κ3) is 2.71. The van der Waals surface area contributed by atoms with Crippen molar-refractivity contribution in [3.05, 3.63) is 29.0 Å². The van der Waals surface area contributed by atoms with Gasteiger partial charge in [-0.2, -0.15) is 5.26 Å². The van der Waals surface area contributed by atoms with Gasteiger partial charge in [-0.1, -0.05) is 25.4 Å². The SMILES string of the molecule is CC1(C)CCCN(C(=O)c2cncc(Cl)c2)C1C#N. The largest absolute Gasteiger partial charge is 0.322 e. The summed E-state index contributed by atoms with van der Waals surface area (Å²) in [6, 6.07) is 3.44. The van der Waals surface area contributed by atoms with E-state index in [1.807, 2.05) is 13.8 Å². The van der Waals surface area contributed by atoms with Crippen LogP contribution in [-0.4, -0.2) is 28.4 Å². The van der Waals surface area contributed by atoms with Gasteiger partial charge in [-0.05, 0) is 24.3 Å². The third-order valence-electron chi connectivity index (χ3n) is 3.61. The second-order valence-corrected chi connectivity index (χ2v) is 5.95. The van der Waals surface area contributed by atoms with Crippen LogP contribution in [0.2, 0.25) is 5.02 Å². The van der Waals surface area contributed by atoms with Gasteiger partial charge in [0.25, 0.3) is 5.91 Å². The quantitative estimate of drug-likeness (QED) is 0.793. The van der Waals surface area contributed by atoms with Gasteiger partial charge in [0.15, 0.2) is 0 Å². The molecule has 0 aromatic carbocycles. The average Bonchev–Trinajstić information content (AvgIpc) is 2.36. The smallest absolute Gasteiger partial charge is 0.256 e. The highest BCUT2D eigenvalue weighted by atomic mass is 35.5. The maximum atomic E-state index is 12.5. The van der Waals surface area contributed by atoms with Crippen LogP contribution < -0.4 is 0 Å². The number of pyridine rings is 1. The predicted octanol–water partition coefficient (Wildman–Crippen LogP) is 2.89. The van der Waals surface area contributed by atoms with Gasteiger partial charge in [0.2, 0.25) is 0 Å². The summed E-state index contributed by atoms with van der Waals surface area (Å²) >= 11 is 5.86. The lowest BCUT2D eigenvalue weighted by molar-refractivity contribution is 0.0437. The van der Waals surface area contributed by atoms with Crippen LogP contribution >= 0.6 is 11.6 Å². The molecule has 2 rings (SSSR count). The lowest BCUT2D eigenvalue weighted by Gasteiger charge is -2.42. The second kappa shape index (κ2) is 5.18. The lowest BCUT2D eigenvalue weighted by Crippen LogP contribution is -2.51. The minimum absolute atomic E-state index is 0.172. The molecule has 1 aliphatic heterocycles. The Labute approximate surface area is 118 Å². The molecule has 1 aromatic rings. The molecule has 1 amide bonds. The number of nitrogens with zero attached hydrogens (tertiary/aromatic N) is 3. The van der Waals surface area contributed by atoms with E-state index in [1.54, 1.807) is 11.0 Å². The van der Waals surface area contributed by atoms with Gasteiger partial charge in [-0.3, -0.25) is 9.78 Å². The van der Waals surface area contributed by atoms with Crippen molar-refractivity contribution in [1.82, 2.24) is 9.88 Å². The van der Waals surface area contributed by atoms with E-state index in [0.717, 1.165) is 12.8 Å². The molecule has 0 bridgehead atoms. The molecule has 0 radical (unpaired) electrons. The normalized spacial score (nSPS) is 21.8. The molecule has 1 aliphatic rings. The monoisotopic (exact) mass is 277 g/mol. The summed E-state index contributed by atoms with van der Waals surface area (Å²) in [5, 5.41) is 9.79. The second-order valence-electron chi connectivity index (χ2n) is 5.51. The van der Waals surface area contributed by atoms with Crippen LogP contribution in [0, 0.1) is 16.7 Å². The molecule has 1 fully saturated rings. The molecule has 0 aliphatic carbocycles. The summed E-state index contributed by atoms with van der Waals surface area (Å²) in [5.41, 5.74) is 0.250. The highest BCUT2D eigenvalue weighted by Gasteiger charge is 2.40. The number of hydrogen-bond acceptors (Lipinski definition) is 3. The van der Waals surface area contributed by atoms with E-state index in [0.29, 0.717) is 17.1 Å². The molecule has 0 spiro atoms. The van der Waals surface area contributed by atoms with Crippen LogP contribution in [0.4, 0.5) is 0 Å². The average molecular weight is 278 g/mol. The number of carbonyl (C=O) groups excluding carboxylic acids is 1. The zero-order chi connectivity index (χ0) is 14.0. The maximum Gasteiger partial charge on any atom is 0.256 e. The van der Waals surface area contributed by atoms with Gasteiger partial charge in [0.1, 0.15) is 6.04 Å². The topological polar surface area (TPSA) is 57.0 Å². The zero-order valence-electron chi connectivity index (χ0n) is 11.1. The van der Waals surface area contributed by atoms with E-state index in [9.17, 15) is 10.1 Å². The maximum absolute atomic E-state index is 12.5. The Morgan fingerprint density at radius 1 is 1.58 bits per heavy atom. The molecule has 1 saturated heterocycles. The van der Waals surface area contributed by atoms with Crippen molar-refractivity contribution in [2.45, 2.75) is 32.7 Å². The molecule has 4 nitrogen and oxygen atoms in total. The third-order valence-corrected chi connectivity index (χ3v) is 3.81. The molecular weight excluding hydrogens is 262 g/mol. The molecule has 0 saturated carbocycles.